The molecule has 2 aliphatic rings. The van der Waals surface area contributed by atoms with Crippen LogP contribution in [0.4, 0.5) is 0 Å². The van der Waals surface area contributed by atoms with Crippen LogP contribution in [0.2, 0.25) is 0 Å². The third kappa shape index (κ3) is 3.03. The quantitative estimate of drug-likeness (QED) is 0.870. The van der Waals surface area contributed by atoms with E-state index in [9.17, 15) is 9.59 Å². The van der Waals surface area contributed by atoms with E-state index in [0.29, 0.717) is 11.3 Å². The van der Waals surface area contributed by atoms with Gasteiger partial charge >= 0.3 is 0 Å². The second-order valence-corrected chi connectivity index (χ2v) is 6.54. The van der Waals surface area contributed by atoms with Crippen LogP contribution in [0.1, 0.15) is 61.4 Å². The second kappa shape index (κ2) is 6.57. The Hall–Kier alpha value is -2.10. The molecule has 0 spiro atoms. The standard InChI is InChI=1S/C19H24N2O2/c1-13-16-11-7-8-12-17(16)19(23)21(13)14(2)18(22)20-15-9-5-3-4-6-10-15/h7-8,11-12,14-15H,1,3-6,9-10H2,2H3,(H,20,22)/t14-/m1/s1. The summed E-state index contributed by atoms with van der Waals surface area (Å²) in [6, 6.07) is 7.09. The molecule has 0 aromatic heterocycles. The monoisotopic (exact) mass is 312 g/mol. The van der Waals surface area contributed by atoms with Gasteiger partial charge in [0.05, 0.1) is 0 Å². The van der Waals surface area contributed by atoms with Gasteiger partial charge in [0.1, 0.15) is 6.04 Å². The number of rotatable bonds is 3. The minimum Gasteiger partial charge on any atom is -0.352 e. The second-order valence-electron chi connectivity index (χ2n) is 6.54. The molecule has 1 aliphatic heterocycles. The molecule has 1 fully saturated rings. The van der Waals surface area contributed by atoms with Gasteiger partial charge < -0.3 is 5.32 Å². The van der Waals surface area contributed by atoms with Crippen LogP contribution in [0, 0.1) is 0 Å². The molecule has 23 heavy (non-hydrogen) atoms. The van der Waals surface area contributed by atoms with Crippen molar-refractivity contribution in [2.45, 2.75) is 57.5 Å². The molecule has 0 bridgehead atoms. The van der Waals surface area contributed by atoms with Crippen molar-refractivity contribution in [1.29, 1.82) is 0 Å². The molecule has 1 atom stereocenters. The maximum absolute atomic E-state index is 12.6. The lowest BCUT2D eigenvalue weighted by Crippen LogP contribution is -2.47. The zero-order valence-electron chi connectivity index (χ0n) is 13.7. The molecular formula is C19H24N2O2. The van der Waals surface area contributed by atoms with Crippen LogP contribution in [0.5, 0.6) is 0 Å². The SMILES string of the molecule is C=C1c2ccccc2C(=O)N1[C@H](C)C(=O)NC1CCCCCC1. The molecule has 1 aromatic carbocycles. The third-order valence-electron chi connectivity index (χ3n) is 4.95. The molecule has 4 heteroatoms. The molecule has 4 nitrogen and oxygen atoms in total. The molecule has 0 unspecified atom stereocenters. The average molecular weight is 312 g/mol. The number of carbonyl (C=O) groups is 2. The predicted octanol–water partition coefficient (Wildman–Crippen LogP) is 3.34. The summed E-state index contributed by atoms with van der Waals surface area (Å²) in [5.74, 6) is -0.215. The lowest BCUT2D eigenvalue weighted by atomic mass is 10.1. The van der Waals surface area contributed by atoms with E-state index in [1.807, 2.05) is 18.2 Å². The third-order valence-corrected chi connectivity index (χ3v) is 4.95. The van der Waals surface area contributed by atoms with Crippen LogP contribution < -0.4 is 5.32 Å². The molecule has 122 valence electrons. The van der Waals surface area contributed by atoms with Crippen molar-refractivity contribution < 1.29 is 9.59 Å². The van der Waals surface area contributed by atoms with Crippen LogP contribution in [-0.4, -0.2) is 28.8 Å². The van der Waals surface area contributed by atoms with Gasteiger partial charge in [0, 0.05) is 22.9 Å². The Labute approximate surface area is 137 Å². The minimum absolute atomic E-state index is 0.0841. The van der Waals surface area contributed by atoms with E-state index in [1.165, 1.54) is 30.6 Å². The van der Waals surface area contributed by atoms with Gasteiger partial charge in [-0.2, -0.15) is 0 Å². The zero-order valence-corrected chi connectivity index (χ0v) is 13.7. The highest BCUT2D eigenvalue weighted by atomic mass is 16.2. The van der Waals surface area contributed by atoms with Crippen LogP contribution in [0.25, 0.3) is 5.70 Å². The number of hydrogen-bond donors (Lipinski definition) is 1. The van der Waals surface area contributed by atoms with Gasteiger partial charge in [0.25, 0.3) is 5.91 Å². The van der Waals surface area contributed by atoms with Gasteiger partial charge in [0.2, 0.25) is 5.91 Å². The summed E-state index contributed by atoms with van der Waals surface area (Å²) in [7, 11) is 0. The first kappa shape index (κ1) is 15.8. The number of nitrogens with zero attached hydrogens (tertiary/aromatic N) is 1. The normalized spacial score (nSPS) is 20.1. The van der Waals surface area contributed by atoms with E-state index < -0.39 is 6.04 Å². The molecule has 1 saturated carbocycles. The fourth-order valence-corrected chi connectivity index (χ4v) is 3.58. The molecule has 1 aromatic rings. The summed E-state index contributed by atoms with van der Waals surface area (Å²) in [4.78, 5) is 26.7. The van der Waals surface area contributed by atoms with Crippen LogP contribution in [-0.2, 0) is 4.79 Å². The van der Waals surface area contributed by atoms with Crippen molar-refractivity contribution in [2.24, 2.45) is 0 Å². The number of nitrogens with one attached hydrogen (secondary N) is 1. The van der Waals surface area contributed by atoms with E-state index >= 15 is 0 Å². The highest BCUT2D eigenvalue weighted by molar-refractivity contribution is 6.10. The van der Waals surface area contributed by atoms with E-state index in [0.717, 1.165) is 18.4 Å². The summed E-state index contributed by atoms with van der Waals surface area (Å²) in [5.41, 5.74) is 2.08. The molecule has 3 rings (SSSR count). The molecule has 0 saturated heterocycles. The molecule has 1 N–H and O–H groups in total. The predicted molar refractivity (Wildman–Crippen MR) is 90.7 cm³/mol. The summed E-state index contributed by atoms with van der Waals surface area (Å²) >= 11 is 0. The first-order valence-corrected chi connectivity index (χ1v) is 8.52. The Balaban J connectivity index is 1.70. The number of carbonyl (C=O) groups excluding carboxylic acids is 2. The zero-order chi connectivity index (χ0) is 16.4. The van der Waals surface area contributed by atoms with Gasteiger partial charge in [-0.3, -0.25) is 14.5 Å². The summed E-state index contributed by atoms with van der Waals surface area (Å²) in [6.45, 7) is 5.80. The summed E-state index contributed by atoms with van der Waals surface area (Å²) < 4.78 is 0. The minimum atomic E-state index is -0.536. The van der Waals surface area contributed by atoms with Crippen molar-refractivity contribution in [1.82, 2.24) is 10.2 Å². The lowest BCUT2D eigenvalue weighted by Gasteiger charge is -2.27. The first-order chi connectivity index (χ1) is 11.1. The Morgan fingerprint density at radius 2 is 1.78 bits per heavy atom. The topological polar surface area (TPSA) is 49.4 Å². The Morgan fingerprint density at radius 1 is 1.17 bits per heavy atom. The molecular weight excluding hydrogens is 288 g/mol. The van der Waals surface area contributed by atoms with E-state index in [4.69, 9.17) is 0 Å². The van der Waals surface area contributed by atoms with E-state index in [-0.39, 0.29) is 17.9 Å². The highest BCUT2D eigenvalue weighted by Crippen LogP contribution is 2.33. The Morgan fingerprint density at radius 3 is 2.39 bits per heavy atom. The fourth-order valence-electron chi connectivity index (χ4n) is 3.58. The molecule has 1 aliphatic carbocycles. The number of amides is 2. The van der Waals surface area contributed by atoms with Gasteiger partial charge in [-0.1, -0.05) is 50.5 Å². The van der Waals surface area contributed by atoms with Gasteiger partial charge in [-0.15, -0.1) is 0 Å². The van der Waals surface area contributed by atoms with Gasteiger partial charge in [-0.05, 0) is 25.8 Å². The largest absolute Gasteiger partial charge is 0.352 e. The molecule has 2 amide bonds. The molecule has 0 radical (unpaired) electrons. The number of hydrogen-bond acceptors (Lipinski definition) is 2. The summed E-state index contributed by atoms with van der Waals surface area (Å²) in [6.07, 6.45) is 6.90. The maximum Gasteiger partial charge on any atom is 0.259 e. The number of benzene rings is 1. The van der Waals surface area contributed by atoms with Crippen molar-refractivity contribution >= 4 is 17.5 Å². The average Bonchev–Trinajstić information content (AvgIpc) is 2.74. The van der Waals surface area contributed by atoms with Crippen LogP contribution in [0.3, 0.4) is 0 Å². The van der Waals surface area contributed by atoms with Crippen molar-refractivity contribution in [3.63, 3.8) is 0 Å². The van der Waals surface area contributed by atoms with Crippen molar-refractivity contribution in [2.75, 3.05) is 0 Å². The smallest absolute Gasteiger partial charge is 0.259 e. The van der Waals surface area contributed by atoms with Crippen molar-refractivity contribution in [3.05, 3.63) is 42.0 Å². The summed E-state index contributed by atoms with van der Waals surface area (Å²) in [5, 5.41) is 3.13. The van der Waals surface area contributed by atoms with E-state index in [2.05, 4.69) is 11.9 Å². The highest BCUT2D eigenvalue weighted by Gasteiger charge is 2.37. The van der Waals surface area contributed by atoms with E-state index in [1.54, 1.807) is 13.0 Å². The molecule has 1 heterocycles. The van der Waals surface area contributed by atoms with Gasteiger partial charge in [0.15, 0.2) is 0 Å². The number of fused-ring (bicyclic) bond motifs is 1. The van der Waals surface area contributed by atoms with Crippen molar-refractivity contribution in [3.8, 4) is 0 Å². The van der Waals surface area contributed by atoms with Crippen LogP contribution >= 0.6 is 0 Å². The maximum atomic E-state index is 12.6. The Bertz CT molecular complexity index is 595. The Kier molecular flexibility index (Phi) is 4.51. The lowest BCUT2D eigenvalue weighted by molar-refractivity contribution is -0.125. The first-order valence-electron chi connectivity index (χ1n) is 8.52. The fraction of sp³-hybridized carbons (Fsp3) is 0.474. The van der Waals surface area contributed by atoms with Crippen LogP contribution in [0.15, 0.2) is 30.8 Å². The van der Waals surface area contributed by atoms with Gasteiger partial charge in [-0.25, -0.2) is 0 Å².